The molecule has 0 N–H and O–H groups in total. The fraction of sp³-hybridized carbons (Fsp3) is 0.857. The van der Waals surface area contributed by atoms with E-state index in [-0.39, 0.29) is 5.92 Å². The number of rotatable bonds is 4. The zero-order valence-corrected chi connectivity index (χ0v) is 7.06. The lowest BCUT2D eigenvalue weighted by atomic mass is 10.3. The van der Waals surface area contributed by atoms with E-state index in [0.717, 1.165) is 0 Å². The van der Waals surface area contributed by atoms with Gasteiger partial charge >= 0.3 is 6.18 Å². The number of oxime groups is 1. The molecular formula is C7H12F3NO. The summed E-state index contributed by atoms with van der Waals surface area (Å²) in [7, 11) is 0. The van der Waals surface area contributed by atoms with Crippen LogP contribution < -0.4 is 0 Å². The molecule has 0 amide bonds. The van der Waals surface area contributed by atoms with Crippen molar-refractivity contribution in [3.8, 4) is 0 Å². The summed E-state index contributed by atoms with van der Waals surface area (Å²) in [5.74, 6) is 0.191. The fourth-order valence-corrected chi connectivity index (χ4v) is 0.379. The van der Waals surface area contributed by atoms with E-state index in [1.54, 1.807) is 0 Å². The van der Waals surface area contributed by atoms with Gasteiger partial charge in [-0.3, -0.25) is 0 Å². The van der Waals surface area contributed by atoms with Crippen LogP contribution in [-0.4, -0.2) is 19.0 Å². The highest BCUT2D eigenvalue weighted by Gasteiger charge is 2.26. The largest absolute Gasteiger partial charge is 0.396 e. The molecule has 0 bridgehead atoms. The van der Waals surface area contributed by atoms with Gasteiger partial charge in [0.1, 0.15) is 6.61 Å². The van der Waals surface area contributed by atoms with Crippen LogP contribution in [0.15, 0.2) is 5.16 Å². The number of alkyl halides is 3. The first kappa shape index (κ1) is 11.3. The van der Waals surface area contributed by atoms with Gasteiger partial charge in [0.05, 0.1) is 6.42 Å². The van der Waals surface area contributed by atoms with E-state index < -0.39 is 19.2 Å². The van der Waals surface area contributed by atoms with Crippen LogP contribution in [0.25, 0.3) is 0 Å². The summed E-state index contributed by atoms with van der Waals surface area (Å²) in [6.07, 6.45) is -3.66. The maximum Gasteiger partial charge on any atom is 0.392 e. The summed E-state index contributed by atoms with van der Waals surface area (Å²) in [5.41, 5.74) is 0. The normalized spacial score (nSPS) is 12.8. The van der Waals surface area contributed by atoms with Crippen molar-refractivity contribution in [3.63, 3.8) is 0 Å². The third-order valence-corrected chi connectivity index (χ3v) is 0.910. The van der Waals surface area contributed by atoms with Crippen LogP contribution >= 0.6 is 0 Å². The van der Waals surface area contributed by atoms with Gasteiger partial charge in [0.15, 0.2) is 0 Å². The van der Waals surface area contributed by atoms with Crippen LogP contribution in [0.4, 0.5) is 13.2 Å². The molecule has 0 saturated heterocycles. The van der Waals surface area contributed by atoms with Crippen molar-refractivity contribution >= 4 is 6.21 Å². The second kappa shape index (κ2) is 5.00. The molecule has 0 aromatic rings. The van der Waals surface area contributed by atoms with Gasteiger partial charge in [0.25, 0.3) is 0 Å². The average molecular weight is 183 g/mol. The summed E-state index contributed by atoms with van der Waals surface area (Å²) in [5, 5.41) is 3.35. The maximum atomic E-state index is 11.5. The van der Waals surface area contributed by atoms with Crippen molar-refractivity contribution in [1.29, 1.82) is 0 Å². The minimum absolute atomic E-state index is 0.191. The molecule has 0 fully saturated rings. The monoisotopic (exact) mass is 183 g/mol. The first-order valence-corrected chi connectivity index (χ1v) is 3.64. The van der Waals surface area contributed by atoms with Crippen LogP contribution in [0, 0.1) is 5.92 Å². The third kappa shape index (κ3) is 9.26. The summed E-state index contributed by atoms with van der Waals surface area (Å²) in [6, 6.07) is 0. The molecule has 0 aliphatic heterocycles. The highest BCUT2D eigenvalue weighted by Crippen LogP contribution is 2.18. The predicted molar refractivity (Wildman–Crippen MR) is 40.0 cm³/mol. The SMILES string of the molecule is CC(C)/C=N/OCCC(F)(F)F. The molecule has 0 atom stereocenters. The second-order valence-corrected chi connectivity index (χ2v) is 2.70. The Balaban J connectivity index is 3.34. The molecular weight excluding hydrogens is 171 g/mol. The molecule has 12 heavy (non-hydrogen) atoms. The zero-order valence-electron chi connectivity index (χ0n) is 7.06. The molecule has 0 aliphatic rings. The Hall–Kier alpha value is -0.740. The lowest BCUT2D eigenvalue weighted by Crippen LogP contribution is -2.10. The first-order chi connectivity index (χ1) is 5.42. The van der Waals surface area contributed by atoms with Gasteiger partial charge in [-0.2, -0.15) is 13.2 Å². The number of nitrogens with zero attached hydrogens (tertiary/aromatic N) is 1. The highest BCUT2D eigenvalue weighted by atomic mass is 19.4. The number of hydrogen-bond acceptors (Lipinski definition) is 2. The van der Waals surface area contributed by atoms with E-state index in [0.29, 0.717) is 0 Å². The van der Waals surface area contributed by atoms with Crippen LogP contribution in [0.2, 0.25) is 0 Å². The Morgan fingerprint density at radius 1 is 1.42 bits per heavy atom. The van der Waals surface area contributed by atoms with Crippen molar-refractivity contribution in [3.05, 3.63) is 0 Å². The van der Waals surface area contributed by atoms with Crippen LogP contribution in [0.3, 0.4) is 0 Å². The zero-order chi connectivity index (χ0) is 9.61. The molecule has 5 heteroatoms. The summed E-state index contributed by atoms with van der Waals surface area (Å²) < 4.78 is 34.5. The van der Waals surface area contributed by atoms with Crippen LogP contribution in [-0.2, 0) is 4.84 Å². The molecule has 0 radical (unpaired) electrons. The van der Waals surface area contributed by atoms with Gasteiger partial charge in [-0.1, -0.05) is 19.0 Å². The Morgan fingerprint density at radius 3 is 2.42 bits per heavy atom. The Kier molecular flexibility index (Phi) is 4.70. The molecule has 0 spiro atoms. The lowest BCUT2D eigenvalue weighted by molar-refractivity contribution is -0.145. The Morgan fingerprint density at radius 2 is 2.00 bits per heavy atom. The summed E-state index contributed by atoms with van der Waals surface area (Å²) >= 11 is 0. The molecule has 2 nitrogen and oxygen atoms in total. The minimum atomic E-state index is -4.16. The van der Waals surface area contributed by atoms with Gasteiger partial charge in [-0.15, -0.1) is 0 Å². The van der Waals surface area contributed by atoms with Gasteiger partial charge < -0.3 is 4.84 Å². The van der Waals surface area contributed by atoms with E-state index in [4.69, 9.17) is 0 Å². The van der Waals surface area contributed by atoms with Crippen LogP contribution in [0.5, 0.6) is 0 Å². The topological polar surface area (TPSA) is 21.6 Å². The molecule has 0 saturated carbocycles. The molecule has 0 rings (SSSR count). The van der Waals surface area contributed by atoms with Crippen molar-refractivity contribution in [2.75, 3.05) is 6.61 Å². The smallest absolute Gasteiger partial charge is 0.392 e. The van der Waals surface area contributed by atoms with E-state index >= 15 is 0 Å². The van der Waals surface area contributed by atoms with Gasteiger partial charge in [0, 0.05) is 6.21 Å². The summed E-state index contributed by atoms with van der Waals surface area (Å²) in [4.78, 5) is 4.37. The second-order valence-electron chi connectivity index (χ2n) is 2.70. The van der Waals surface area contributed by atoms with Crippen molar-refractivity contribution in [2.45, 2.75) is 26.4 Å². The van der Waals surface area contributed by atoms with E-state index in [1.165, 1.54) is 6.21 Å². The van der Waals surface area contributed by atoms with Crippen molar-refractivity contribution < 1.29 is 18.0 Å². The van der Waals surface area contributed by atoms with E-state index in [1.807, 2.05) is 13.8 Å². The van der Waals surface area contributed by atoms with E-state index in [2.05, 4.69) is 9.99 Å². The van der Waals surface area contributed by atoms with Gasteiger partial charge in [-0.05, 0) is 5.92 Å². The third-order valence-electron chi connectivity index (χ3n) is 0.910. The Bertz CT molecular complexity index is 142. The quantitative estimate of drug-likeness (QED) is 0.373. The molecule has 0 unspecified atom stereocenters. The van der Waals surface area contributed by atoms with Gasteiger partial charge in [0.2, 0.25) is 0 Å². The van der Waals surface area contributed by atoms with Gasteiger partial charge in [-0.25, -0.2) is 0 Å². The fourth-order valence-electron chi connectivity index (χ4n) is 0.379. The summed E-state index contributed by atoms with van der Waals surface area (Å²) in [6.45, 7) is 3.31. The van der Waals surface area contributed by atoms with Crippen molar-refractivity contribution in [2.24, 2.45) is 11.1 Å². The predicted octanol–water partition coefficient (Wildman–Crippen LogP) is 2.60. The minimum Gasteiger partial charge on any atom is -0.396 e. The maximum absolute atomic E-state index is 11.5. The number of hydrogen-bond donors (Lipinski definition) is 0. The molecule has 72 valence electrons. The molecule has 0 aliphatic carbocycles. The molecule has 0 heterocycles. The standard InChI is InChI=1S/C7H12F3NO/c1-6(2)5-11-12-4-3-7(8,9)10/h5-6H,3-4H2,1-2H3/b11-5+. The van der Waals surface area contributed by atoms with Crippen molar-refractivity contribution in [1.82, 2.24) is 0 Å². The highest BCUT2D eigenvalue weighted by molar-refractivity contribution is 5.58. The number of halogens is 3. The Labute approximate surface area is 69.4 Å². The molecule has 0 aromatic carbocycles. The average Bonchev–Trinajstić information content (AvgIpc) is 1.83. The first-order valence-electron chi connectivity index (χ1n) is 3.64. The molecule has 0 aromatic heterocycles. The lowest BCUT2D eigenvalue weighted by Gasteiger charge is -2.03. The van der Waals surface area contributed by atoms with Crippen LogP contribution in [0.1, 0.15) is 20.3 Å². The van der Waals surface area contributed by atoms with E-state index in [9.17, 15) is 13.2 Å².